The van der Waals surface area contributed by atoms with Gasteiger partial charge >= 0.3 is 0 Å². The third-order valence-electron chi connectivity index (χ3n) is 5.32. The molecule has 4 rings (SSSR count). The van der Waals surface area contributed by atoms with Gasteiger partial charge in [-0.2, -0.15) is 0 Å². The molecule has 0 spiro atoms. The summed E-state index contributed by atoms with van der Waals surface area (Å²) in [6.45, 7) is 1.53. The summed E-state index contributed by atoms with van der Waals surface area (Å²) < 4.78 is 8.39. The van der Waals surface area contributed by atoms with E-state index in [4.69, 9.17) is 4.74 Å². The zero-order valence-corrected chi connectivity index (χ0v) is 18.0. The number of carbonyl (C=O) groups excluding carboxylic acids is 1. The topological polar surface area (TPSA) is 78.2 Å². The monoisotopic (exact) mass is 430 g/mol. The minimum absolute atomic E-state index is 0.0369. The van der Waals surface area contributed by atoms with Gasteiger partial charge in [0.25, 0.3) is 5.56 Å². The number of amides is 1. The van der Waals surface area contributed by atoms with Crippen LogP contribution < -0.4 is 10.9 Å². The Balaban J connectivity index is 1.67. The summed E-state index contributed by atoms with van der Waals surface area (Å²) in [5.74, 6) is -0.167. The average molecular weight is 431 g/mol. The predicted octanol–water partition coefficient (Wildman–Crippen LogP) is 3.22. The van der Waals surface area contributed by atoms with Crippen LogP contribution in [0.3, 0.4) is 0 Å². The van der Waals surface area contributed by atoms with E-state index in [9.17, 15) is 9.59 Å². The van der Waals surface area contributed by atoms with Crippen molar-refractivity contribution in [2.24, 2.45) is 0 Å². The lowest BCUT2D eigenvalue weighted by Gasteiger charge is -2.09. The van der Waals surface area contributed by atoms with Crippen LogP contribution in [-0.4, -0.2) is 33.7 Å². The predicted molar refractivity (Wildman–Crippen MR) is 124 cm³/mol. The van der Waals surface area contributed by atoms with E-state index in [2.05, 4.69) is 10.3 Å². The van der Waals surface area contributed by atoms with Crippen LogP contribution in [0.4, 0.5) is 0 Å². The Hall–Kier alpha value is -3.71. The fourth-order valence-electron chi connectivity index (χ4n) is 3.72. The highest BCUT2D eigenvalue weighted by molar-refractivity contribution is 5.93. The molecule has 1 amide bonds. The number of benzene rings is 2. The van der Waals surface area contributed by atoms with E-state index in [0.29, 0.717) is 37.2 Å². The minimum Gasteiger partial charge on any atom is -0.385 e. The van der Waals surface area contributed by atoms with Crippen LogP contribution in [0.1, 0.15) is 12.0 Å². The molecule has 0 saturated carbocycles. The molecule has 0 atom stereocenters. The number of nitrogens with one attached hydrogen (secondary N) is 1. The number of aryl methyl sites for hydroxylation is 1. The maximum Gasteiger partial charge on any atom is 0.277 e. The van der Waals surface area contributed by atoms with E-state index in [1.807, 2.05) is 66.9 Å². The molecule has 0 saturated heterocycles. The van der Waals surface area contributed by atoms with Gasteiger partial charge in [0, 0.05) is 38.6 Å². The van der Waals surface area contributed by atoms with Gasteiger partial charge in [-0.25, -0.2) is 4.98 Å². The molecule has 2 heterocycles. The van der Waals surface area contributed by atoms with Crippen molar-refractivity contribution in [3.05, 3.63) is 89.1 Å². The highest BCUT2D eigenvalue weighted by Crippen LogP contribution is 2.27. The van der Waals surface area contributed by atoms with Crippen molar-refractivity contribution in [2.45, 2.75) is 26.1 Å². The Labute approximate surface area is 186 Å². The number of nitrogens with zero attached hydrogens (tertiary/aromatic N) is 3. The van der Waals surface area contributed by atoms with Gasteiger partial charge in [-0.15, -0.1) is 0 Å². The average Bonchev–Trinajstić information content (AvgIpc) is 3.19. The summed E-state index contributed by atoms with van der Waals surface area (Å²) in [5.41, 5.74) is 3.66. The lowest BCUT2D eigenvalue weighted by Crippen LogP contribution is -2.29. The highest BCUT2D eigenvalue weighted by atomic mass is 16.5. The van der Waals surface area contributed by atoms with Crippen molar-refractivity contribution in [1.29, 1.82) is 0 Å². The van der Waals surface area contributed by atoms with Crippen LogP contribution in [0.25, 0.3) is 22.2 Å². The molecular weight excluding hydrogens is 404 g/mol. The first-order valence-electron chi connectivity index (χ1n) is 10.6. The standard InChI is InChI=1S/C25H26N4O3/c1-32-14-8-13-28-18-27-23-21(20-11-6-3-7-12-20)16-29(24(23)25(28)31)17-22(30)26-15-19-9-4-2-5-10-19/h2-7,9-12,16,18H,8,13-15,17H2,1H3,(H,26,30). The summed E-state index contributed by atoms with van der Waals surface area (Å²) in [6, 6.07) is 19.5. The van der Waals surface area contributed by atoms with Gasteiger partial charge in [0.05, 0.1) is 6.33 Å². The first-order valence-corrected chi connectivity index (χ1v) is 10.6. The minimum atomic E-state index is -0.167. The van der Waals surface area contributed by atoms with Gasteiger partial charge in [-0.3, -0.25) is 14.2 Å². The van der Waals surface area contributed by atoms with E-state index < -0.39 is 0 Å². The Morgan fingerprint density at radius 1 is 1.03 bits per heavy atom. The van der Waals surface area contributed by atoms with Crippen molar-refractivity contribution in [1.82, 2.24) is 19.4 Å². The molecule has 1 N–H and O–H groups in total. The second-order valence-corrected chi connectivity index (χ2v) is 7.59. The molecule has 164 valence electrons. The molecule has 0 aliphatic carbocycles. The highest BCUT2D eigenvalue weighted by Gasteiger charge is 2.18. The molecule has 4 aromatic rings. The van der Waals surface area contributed by atoms with Crippen LogP contribution in [0.2, 0.25) is 0 Å². The molecule has 7 nitrogen and oxygen atoms in total. The molecule has 0 bridgehead atoms. The number of rotatable bonds is 9. The molecule has 0 radical (unpaired) electrons. The number of aromatic nitrogens is 3. The number of ether oxygens (including phenoxy) is 1. The van der Waals surface area contributed by atoms with Gasteiger partial charge in [-0.05, 0) is 17.5 Å². The summed E-state index contributed by atoms with van der Waals surface area (Å²) in [7, 11) is 1.63. The molecule has 0 aliphatic rings. The van der Waals surface area contributed by atoms with E-state index in [1.54, 1.807) is 22.6 Å². The Kier molecular flexibility index (Phi) is 6.77. The van der Waals surface area contributed by atoms with Crippen LogP contribution >= 0.6 is 0 Å². The number of hydrogen-bond donors (Lipinski definition) is 1. The number of fused-ring (bicyclic) bond motifs is 1. The second-order valence-electron chi connectivity index (χ2n) is 7.59. The van der Waals surface area contributed by atoms with Crippen molar-refractivity contribution in [2.75, 3.05) is 13.7 Å². The quantitative estimate of drug-likeness (QED) is 0.414. The molecule has 7 heteroatoms. The Morgan fingerprint density at radius 2 is 1.75 bits per heavy atom. The zero-order chi connectivity index (χ0) is 22.3. The molecule has 2 aromatic heterocycles. The van der Waals surface area contributed by atoms with Crippen molar-refractivity contribution < 1.29 is 9.53 Å². The normalized spacial score (nSPS) is 11.0. The zero-order valence-electron chi connectivity index (χ0n) is 18.0. The molecule has 0 aliphatic heterocycles. The summed E-state index contributed by atoms with van der Waals surface area (Å²) >= 11 is 0. The molecule has 0 unspecified atom stereocenters. The maximum absolute atomic E-state index is 13.3. The molecule has 0 fully saturated rings. The van der Waals surface area contributed by atoms with Gasteiger partial charge in [0.2, 0.25) is 5.91 Å². The third kappa shape index (κ3) is 4.78. The van der Waals surface area contributed by atoms with E-state index >= 15 is 0 Å². The number of hydrogen-bond acceptors (Lipinski definition) is 4. The first-order chi connectivity index (χ1) is 15.7. The Morgan fingerprint density at radius 3 is 2.47 bits per heavy atom. The SMILES string of the molecule is COCCCn1cnc2c(-c3ccccc3)cn(CC(=O)NCc3ccccc3)c2c1=O. The van der Waals surface area contributed by atoms with Crippen LogP contribution in [-0.2, 0) is 29.2 Å². The fraction of sp³-hybridized carbons (Fsp3) is 0.240. The summed E-state index contributed by atoms with van der Waals surface area (Å²) in [5, 5.41) is 2.93. The Bertz CT molecular complexity index is 1250. The fourth-order valence-corrected chi connectivity index (χ4v) is 3.72. The van der Waals surface area contributed by atoms with Crippen molar-refractivity contribution in [3.8, 4) is 11.1 Å². The smallest absolute Gasteiger partial charge is 0.277 e. The summed E-state index contributed by atoms with van der Waals surface area (Å²) in [6.07, 6.45) is 4.12. The lowest BCUT2D eigenvalue weighted by molar-refractivity contribution is -0.121. The van der Waals surface area contributed by atoms with Crippen molar-refractivity contribution in [3.63, 3.8) is 0 Å². The van der Waals surface area contributed by atoms with Gasteiger partial charge < -0.3 is 14.6 Å². The van der Waals surface area contributed by atoms with Crippen LogP contribution in [0, 0.1) is 0 Å². The second kappa shape index (κ2) is 10.1. The van der Waals surface area contributed by atoms with Gasteiger partial charge in [0.15, 0.2) is 0 Å². The number of methoxy groups -OCH3 is 1. The molecule has 32 heavy (non-hydrogen) atoms. The maximum atomic E-state index is 13.3. The van der Waals surface area contributed by atoms with Gasteiger partial charge in [0.1, 0.15) is 17.6 Å². The first kappa shape index (κ1) is 21.5. The lowest BCUT2D eigenvalue weighted by atomic mass is 10.1. The van der Waals surface area contributed by atoms with Crippen LogP contribution in [0.15, 0.2) is 78.0 Å². The van der Waals surface area contributed by atoms with E-state index in [1.165, 1.54) is 0 Å². The molecule has 2 aromatic carbocycles. The summed E-state index contributed by atoms with van der Waals surface area (Å²) in [4.78, 5) is 30.6. The number of carbonyl (C=O) groups is 1. The van der Waals surface area contributed by atoms with Crippen molar-refractivity contribution >= 4 is 16.9 Å². The largest absolute Gasteiger partial charge is 0.385 e. The van der Waals surface area contributed by atoms with E-state index in [-0.39, 0.29) is 18.0 Å². The van der Waals surface area contributed by atoms with Crippen LogP contribution in [0.5, 0.6) is 0 Å². The third-order valence-corrected chi connectivity index (χ3v) is 5.32. The van der Waals surface area contributed by atoms with Gasteiger partial charge in [-0.1, -0.05) is 60.7 Å². The van der Waals surface area contributed by atoms with E-state index in [0.717, 1.165) is 16.7 Å². The molecular formula is C25H26N4O3.